The molecule has 1 nitrogen and oxygen atoms in total. The van der Waals surface area contributed by atoms with Crippen molar-refractivity contribution in [2.75, 3.05) is 6.61 Å². The third kappa shape index (κ3) is 2.48. The van der Waals surface area contributed by atoms with Crippen LogP contribution >= 0.6 is 0 Å². The van der Waals surface area contributed by atoms with E-state index in [-0.39, 0.29) is 0 Å². The molecule has 0 amide bonds. The first kappa shape index (κ1) is 10.1. The summed E-state index contributed by atoms with van der Waals surface area (Å²) in [5, 5.41) is 0. The standard InChI is InChI=1S/C12H17O/c1-5-13-12-8-10(4)6-7-11(12)9(2)3/h6-9H,4-5H2,1-3H3. The predicted molar refractivity (Wildman–Crippen MR) is 56.2 cm³/mol. The maximum absolute atomic E-state index is 5.54. The van der Waals surface area contributed by atoms with Gasteiger partial charge >= 0.3 is 0 Å². The van der Waals surface area contributed by atoms with Crippen LogP contribution in [0.3, 0.4) is 0 Å². The van der Waals surface area contributed by atoms with Crippen molar-refractivity contribution in [2.24, 2.45) is 0 Å². The molecule has 0 fully saturated rings. The second-order valence-corrected chi connectivity index (χ2v) is 3.46. The van der Waals surface area contributed by atoms with Crippen molar-refractivity contribution < 1.29 is 4.74 Å². The Hall–Kier alpha value is -0.980. The van der Waals surface area contributed by atoms with Crippen LogP contribution in [0.5, 0.6) is 5.75 Å². The number of hydrogen-bond donors (Lipinski definition) is 0. The number of benzene rings is 1. The Morgan fingerprint density at radius 3 is 2.62 bits per heavy atom. The van der Waals surface area contributed by atoms with Gasteiger partial charge in [-0.1, -0.05) is 26.0 Å². The van der Waals surface area contributed by atoms with E-state index in [1.807, 2.05) is 19.1 Å². The highest BCUT2D eigenvalue weighted by Crippen LogP contribution is 2.27. The first-order chi connectivity index (χ1) is 6.15. The van der Waals surface area contributed by atoms with Crippen LogP contribution in [0.25, 0.3) is 0 Å². The van der Waals surface area contributed by atoms with E-state index in [0.717, 1.165) is 11.3 Å². The molecule has 0 heterocycles. The van der Waals surface area contributed by atoms with Gasteiger partial charge in [0.1, 0.15) is 5.75 Å². The molecular weight excluding hydrogens is 160 g/mol. The van der Waals surface area contributed by atoms with Gasteiger partial charge in [0.15, 0.2) is 0 Å². The lowest BCUT2D eigenvalue weighted by Crippen LogP contribution is -1.98. The van der Waals surface area contributed by atoms with Gasteiger partial charge in [-0.05, 0) is 37.0 Å². The minimum Gasteiger partial charge on any atom is -0.494 e. The Balaban J connectivity index is 3.03. The lowest BCUT2D eigenvalue weighted by atomic mass is 10.0. The maximum atomic E-state index is 5.54. The molecule has 0 aliphatic rings. The minimum atomic E-state index is 0.502. The molecule has 1 aromatic carbocycles. The fourth-order valence-electron chi connectivity index (χ4n) is 1.34. The SMILES string of the molecule is [CH2]c1ccc(C(C)C)c(OCC)c1. The fraction of sp³-hybridized carbons (Fsp3) is 0.417. The van der Waals surface area contributed by atoms with Crippen molar-refractivity contribution in [3.63, 3.8) is 0 Å². The summed E-state index contributed by atoms with van der Waals surface area (Å²) in [6.07, 6.45) is 0. The average molecular weight is 177 g/mol. The largest absolute Gasteiger partial charge is 0.494 e. The van der Waals surface area contributed by atoms with E-state index in [1.54, 1.807) is 0 Å². The molecule has 1 radical (unpaired) electrons. The summed E-state index contributed by atoms with van der Waals surface area (Å²) >= 11 is 0. The molecular formula is C12H17O. The molecule has 0 N–H and O–H groups in total. The average Bonchev–Trinajstić information content (AvgIpc) is 2.04. The van der Waals surface area contributed by atoms with Crippen molar-refractivity contribution >= 4 is 0 Å². The lowest BCUT2D eigenvalue weighted by Gasteiger charge is -2.13. The van der Waals surface area contributed by atoms with Crippen molar-refractivity contribution in [3.8, 4) is 5.75 Å². The molecule has 13 heavy (non-hydrogen) atoms. The van der Waals surface area contributed by atoms with Crippen LogP contribution in [0.2, 0.25) is 0 Å². The Labute approximate surface area is 80.7 Å². The van der Waals surface area contributed by atoms with E-state index in [4.69, 9.17) is 4.74 Å². The van der Waals surface area contributed by atoms with Crippen LogP contribution in [0.15, 0.2) is 18.2 Å². The summed E-state index contributed by atoms with van der Waals surface area (Å²) in [7, 11) is 0. The molecule has 0 bridgehead atoms. The van der Waals surface area contributed by atoms with Crippen molar-refractivity contribution in [1.82, 2.24) is 0 Å². The molecule has 0 aromatic heterocycles. The molecule has 0 aliphatic carbocycles. The van der Waals surface area contributed by atoms with Crippen LogP contribution < -0.4 is 4.74 Å². The fourth-order valence-corrected chi connectivity index (χ4v) is 1.34. The summed E-state index contributed by atoms with van der Waals surface area (Å²) in [5.41, 5.74) is 2.27. The van der Waals surface area contributed by atoms with Gasteiger partial charge in [-0.25, -0.2) is 0 Å². The molecule has 0 unspecified atom stereocenters. The zero-order valence-electron chi connectivity index (χ0n) is 8.63. The van der Waals surface area contributed by atoms with Crippen LogP contribution in [-0.2, 0) is 0 Å². The zero-order valence-corrected chi connectivity index (χ0v) is 8.63. The molecule has 71 valence electrons. The third-order valence-corrected chi connectivity index (χ3v) is 2.00. The summed E-state index contributed by atoms with van der Waals surface area (Å²) in [6.45, 7) is 10.9. The number of hydrogen-bond acceptors (Lipinski definition) is 1. The third-order valence-electron chi connectivity index (χ3n) is 2.00. The van der Waals surface area contributed by atoms with Crippen molar-refractivity contribution in [3.05, 3.63) is 36.2 Å². The van der Waals surface area contributed by atoms with E-state index >= 15 is 0 Å². The van der Waals surface area contributed by atoms with Gasteiger partial charge < -0.3 is 4.74 Å². The van der Waals surface area contributed by atoms with Gasteiger partial charge in [0.05, 0.1) is 6.61 Å². The quantitative estimate of drug-likeness (QED) is 0.687. The lowest BCUT2D eigenvalue weighted by molar-refractivity contribution is 0.335. The number of ether oxygens (including phenoxy) is 1. The van der Waals surface area contributed by atoms with E-state index < -0.39 is 0 Å². The summed E-state index contributed by atoms with van der Waals surface area (Å²) in [5.74, 6) is 1.48. The molecule has 0 saturated heterocycles. The normalized spacial score (nSPS) is 10.5. The topological polar surface area (TPSA) is 9.23 Å². The highest BCUT2D eigenvalue weighted by Gasteiger charge is 2.06. The summed E-state index contributed by atoms with van der Waals surface area (Å²) in [6, 6.07) is 6.12. The van der Waals surface area contributed by atoms with Gasteiger partial charge in [-0.2, -0.15) is 0 Å². The van der Waals surface area contributed by atoms with Crippen LogP contribution in [0, 0.1) is 6.92 Å². The van der Waals surface area contributed by atoms with Gasteiger partial charge in [0.25, 0.3) is 0 Å². The van der Waals surface area contributed by atoms with Gasteiger partial charge in [0.2, 0.25) is 0 Å². The summed E-state index contributed by atoms with van der Waals surface area (Å²) < 4.78 is 5.54. The second-order valence-electron chi connectivity index (χ2n) is 3.46. The van der Waals surface area contributed by atoms with Crippen LogP contribution in [-0.4, -0.2) is 6.61 Å². The first-order valence-corrected chi connectivity index (χ1v) is 4.73. The van der Waals surface area contributed by atoms with E-state index in [0.29, 0.717) is 12.5 Å². The Kier molecular flexibility index (Phi) is 3.35. The molecule has 1 heteroatoms. The smallest absolute Gasteiger partial charge is 0.122 e. The zero-order chi connectivity index (χ0) is 9.84. The summed E-state index contributed by atoms with van der Waals surface area (Å²) in [4.78, 5) is 0. The molecule has 0 saturated carbocycles. The number of rotatable bonds is 3. The molecule has 0 aliphatic heterocycles. The Morgan fingerprint density at radius 1 is 1.38 bits per heavy atom. The first-order valence-electron chi connectivity index (χ1n) is 4.73. The maximum Gasteiger partial charge on any atom is 0.122 e. The van der Waals surface area contributed by atoms with Gasteiger partial charge in [-0.15, -0.1) is 0 Å². The van der Waals surface area contributed by atoms with Gasteiger partial charge in [0, 0.05) is 0 Å². The van der Waals surface area contributed by atoms with E-state index in [1.165, 1.54) is 5.56 Å². The highest BCUT2D eigenvalue weighted by molar-refractivity contribution is 5.40. The Morgan fingerprint density at radius 2 is 2.08 bits per heavy atom. The minimum absolute atomic E-state index is 0.502. The predicted octanol–water partition coefficient (Wildman–Crippen LogP) is 3.39. The monoisotopic (exact) mass is 177 g/mol. The van der Waals surface area contributed by atoms with E-state index in [9.17, 15) is 0 Å². The second kappa shape index (κ2) is 4.31. The van der Waals surface area contributed by atoms with Crippen LogP contribution in [0.4, 0.5) is 0 Å². The molecule has 0 spiro atoms. The molecule has 1 aromatic rings. The van der Waals surface area contributed by atoms with Crippen LogP contribution in [0.1, 0.15) is 37.8 Å². The van der Waals surface area contributed by atoms with E-state index in [2.05, 4.69) is 26.8 Å². The highest BCUT2D eigenvalue weighted by atomic mass is 16.5. The molecule has 0 atom stereocenters. The van der Waals surface area contributed by atoms with Crippen molar-refractivity contribution in [2.45, 2.75) is 26.7 Å². The molecule has 1 rings (SSSR count). The van der Waals surface area contributed by atoms with Gasteiger partial charge in [-0.3, -0.25) is 0 Å². The Bertz CT molecular complexity index is 276. The van der Waals surface area contributed by atoms with Crippen molar-refractivity contribution in [1.29, 1.82) is 0 Å².